The second-order valence-corrected chi connectivity index (χ2v) is 10.3. The lowest BCUT2D eigenvalue weighted by Crippen LogP contribution is -2.56. The molecular formula is C29H34N4O4. The van der Waals surface area contributed by atoms with Crippen LogP contribution >= 0.6 is 0 Å². The standard InChI is InChI=1S/C29H34N4O4/c1-20-3-5-21(6-4-20)18-33-24-8-7-22(37-16-13-31-11-14-36-15-12-31)17-23(24)27-25(33)9-10-32-26(34)19-30(2)29(35)28(27)32/h3-8,17,28H,9-16,18-19H2,1-2H3. The van der Waals surface area contributed by atoms with Crippen molar-refractivity contribution in [1.29, 1.82) is 0 Å². The first-order valence-corrected chi connectivity index (χ1v) is 13.2. The van der Waals surface area contributed by atoms with Crippen LogP contribution in [0.5, 0.6) is 5.75 Å². The maximum atomic E-state index is 13.4. The zero-order valence-electron chi connectivity index (χ0n) is 21.6. The van der Waals surface area contributed by atoms with Crippen LogP contribution in [0.3, 0.4) is 0 Å². The number of aromatic nitrogens is 1. The molecule has 2 saturated heterocycles. The van der Waals surface area contributed by atoms with Crippen molar-refractivity contribution in [3.63, 3.8) is 0 Å². The van der Waals surface area contributed by atoms with Crippen LogP contribution in [-0.2, 0) is 27.3 Å². The smallest absolute Gasteiger partial charge is 0.250 e. The van der Waals surface area contributed by atoms with Crippen LogP contribution in [0.2, 0.25) is 0 Å². The quantitative estimate of drug-likeness (QED) is 0.519. The Labute approximate surface area is 217 Å². The molecule has 2 fully saturated rings. The van der Waals surface area contributed by atoms with Crippen LogP contribution in [0.25, 0.3) is 10.9 Å². The third-order valence-electron chi connectivity index (χ3n) is 7.90. The van der Waals surface area contributed by atoms with Gasteiger partial charge >= 0.3 is 0 Å². The number of nitrogens with zero attached hydrogens (tertiary/aromatic N) is 4. The molecule has 1 unspecified atom stereocenters. The van der Waals surface area contributed by atoms with E-state index in [1.807, 2.05) is 6.07 Å². The van der Waals surface area contributed by atoms with Crippen molar-refractivity contribution in [3.05, 3.63) is 64.8 Å². The molecule has 0 bridgehead atoms. The molecule has 2 amide bonds. The summed E-state index contributed by atoms with van der Waals surface area (Å²) in [7, 11) is 1.72. The van der Waals surface area contributed by atoms with Crippen molar-refractivity contribution in [1.82, 2.24) is 19.3 Å². The normalized spacial score (nSPS) is 20.3. The van der Waals surface area contributed by atoms with Gasteiger partial charge in [-0.25, -0.2) is 0 Å². The number of piperazine rings is 1. The number of rotatable bonds is 6. The molecule has 194 valence electrons. The second-order valence-electron chi connectivity index (χ2n) is 10.3. The number of carbonyl (C=O) groups is 2. The highest BCUT2D eigenvalue weighted by atomic mass is 16.5. The number of fused-ring (bicyclic) bond motifs is 5. The predicted molar refractivity (Wildman–Crippen MR) is 141 cm³/mol. The van der Waals surface area contributed by atoms with Gasteiger partial charge in [-0.05, 0) is 30.7 Å². The highest BCUT2D eigenvalue weighted by molar-refractivity contribution is 6.00. The van der Waals surface area contributed by atoms with Crippen LogP contribution < -0.4 is 4.74 Å². The number of benzene rings is 2. The van der Waals surface area contributed by atoms with Gasteiger partial charge in [0.25, 0.3) is 0 Å². The van der Waals surface area contributed by atoms with E-state index in [1.54, 1.807) is 16.8 Å². The summed E-state index contributed by atoms with van der Waals surface area (Å²) in [5.74, 6) is 0.778. The highest BCUT2D eigenvalue weighted by Gasteiger charge is 2.44. The molecular weight excluding hydrogens is 468 g/mol. The Hall–Kier alpha value is -3.36. The van der Waals surface area contributed by atoms with Gasteiger partial charge in [-0.2, -0.15) is 0 Å². The third-order valence-corrected chi connectivity index (χ3v) is 7.90. The van der Waals surface area contributed by atoms with E-state index >= 15 is 0 Å². The first-order valence-electron chi connectivity index (χ1n) is 13.2. The average molecular weight is 503 g/mol. The first kappa shape index (κ1) is 24.0. The van der Waals surface area contributed by atoms with Gasteiger partial charge in [0.15, 0.2) is 0 Å². The largest absolute Gasteiger partial charge is 0.492 e. The van der Waals surface area contributed by atoms with E-state index in [0.29, 0.717) is 19.7 Å². The van der Waals surface area contributed by atoms with Crippen LogP contribution in [0.15, 0.2) is 42.5 Å². The molecule has 37 heavy (non-hydrogen) atoms. The van der Waals surface area contributed by atoms with Gasteiger partial charge in [0.1, 0.15) is 18.4 Å². The number of morpholine rings is 1. The number of carbonyl (C=O) groups excluding carboxylic acids is 2. The van der Waals surface area contributed by atoms with E-state index in [9.17, 15) is 9.59 Å². The summed E-state index contributed by atoms with van der Waals surface area (Å²) < 4.78 is 14.0. The molecule has 3 aliphatic rings. The fourth-order valence-corrected chi connectivity index (χ4v) is 5.87. The van der Waals surface area contributed by atoms with Crippen molar-refractivity contribution >= 4 is 22.7 Å². The molecule has 0 radical (unpaired) electrons. The summed E-state index contributed by atoms with van der Waals surface area (Å²) in [6.07, 6.45) is 0.725. The fraction of sp³-hybridized carbons (Fsp3) is 0.448. The Kier molecular flexibility index (Phi) is 6.38. The van der Waals surface area contributed by atoms with E-state index in [2.05, 4.69) is 52.8 Å². The summed E-state index contributed by atoms with van der Waals surface area (Å²) in [4.78, 5) is 32.0. The van der Waals surface area contributed by atoms with Crippen molar-refractivity contribution in [3.8, 4) is 5.75 Å². The third kappa shape index (κ3) is 4.49. The summed E-state index contributed by atoms with van der Waals surface area (Å²) in [5.41, 5.74) is 5.60. The van der Waals surface area contributed by atoms with Crippen molar-refractivity contribution in [2.45, 2.75) is 25.9 Å². The summed E-state index contributed by atoms with van der Waals surface area (Å²) in [6, 6.07) is 14.2. The van der Waals surface area contributed by atoms with Crippen LogP contribution in [-0.4, -0.2) is 90.7 Å². The van der Waals surface area contributed by atoms with Gasteiger partial charge in [0.2, 0.25) is 11.8 Å². The molecule has 2 aromatic carbocycles. The van der Waals surface area contributed by atoms with E-state index in [-0.39, 0.29) is 18.4 Å². The lowest BCUT2D eigenvalue weighted by Gasteiger charge is -2.42. The molecule has 3 aromatic rings. The molecule has 3 aliphatic heterocycles. The van der Waals surface area contributed by atoms with Crippen LogP contribution in [0.1, 0.15) is 28.4 Å². The van der Waals surface area contributed by atoms with Gasteiger partial charge in [-0.1, -0.05) is 29.8 Å². The Morgan fingerprint density at radius 2 is 1.81 bits per heavy atom. The second kappa shape index (κ2) is 9.84. The monoisotopic (exact) mass is 502 g/mol. The van der Waals surface area contributed by atoms with E-state index in [0.717, 1.165) is 67.2 Å². The van der Waals surface area contributed by atoms with Crippen LogP contribution in [0, 0.1) is 6.92 Å². The summed E-state index contributed by atoms with van der Waals surface area (Å²) in [6.45, 7) is 8.35. The molecule has 1 atom stereocenters. The van der Waals surface area contributed by atoms with Crippen molar-refractivity contribution < 1.29 is 19.1 Å². The molecule has 6 rings (SSSR count). The molecule has 4 heterocycles. The Morgan fingerprint density at radius 3 is 2.59 bits per heavy atom. The molecule has 0 spiro atoms. The van der Waals surface area contributed by atoms with Crippen molar-refractivity contribution in [2.75, 3.05) is 59.6 Å². The van der Waals surface area contributed by atoms with E-state index < -0.39 is 6.04 Å². The topological polar surface area (TPSA) is 67.2 Å². The number of amides is 2. The molecule has 0 saturated carbocycles. The molecule has 1 aromatic heterocycles. The molecule has 8 nitrogen and oxygen atoms in total. The van der Waals surface area contributed by atoms with Gasteiger partial charge in [0.05, 0.1) is 19.8 Å². The molecule has 0 N–H and O–H groups in total. The molecule has 8 heteroatoms. The number of likely N-dealkylation sites (N-methyl/N-ethyl adjacent to an activating group) is 1. The van der Waals surface area contributed by atoms with Crippen LogP contribution in [0.4, 0.5) is 0 Å². The number of aryl methyl sites for hydroxylation is 1. The summed E-state index contributed by atoms with van der Waals surface area (Å²) >= 11 is 0. The zero-order chi connectivity index (χ0) is 25.5. The Bertz CT molecular complexity index is 1330. The average Bonchev–Trinajstić information content (AvgIpc) is 3.22. The van der Waals surface area contributed by atoms with Crippen molar-refractivity contribution in [2.24, 2.45) is 0 Å². The van der Waals surface area contributed by atoms with Gasteiger partial charge < -0.3 is 23.8 Å². The minimum Gasteiger partial charge on any atom is -0.492 e. The molecule has 0 aliphatic carbocycles. The number of ether oxygens (including phenoxy) is 2. The van der Waals surface area contributed by atoms with E-state index in [1.165, 1.54) is 11.1 Å². The lowest BCUT2D eigenvalue weighted by atomic mass is 9.92. The Balaban J connectivity index is 1.38. The van der Waals surface area contributed by atoms with E-state index in [4.69, 9.17) is 9.47 Å². The number of hydrogen-bond acceptors (Lipinski definition) is 5. The van der Waals surface area contributed by atoms with Gasteiger partial charge in [-0.15, -0.1) is 0 Å². The Morgan fingerprint density at radius 1 is 1.03 bits per heavy atom. The lowest BCUT2D eigenvalue weighted by molar-refractivity contribution is -0.155. The maximum absolute atomic E-state index is 13.4. The maximum Gasteiger partial charge on any atom is 0.250 e. The highest BCUT2D eigenvalue weighted by Crippen LogP contribution is 2.41. The first-order chi connectivity index (χ1) is 18.0. The fourth-order valence-electron chi connectivity index (χ4n) is 5.87. The minimum atomic E-state index is -0.583. The van der Waals surface area contributed by atoms with Gasteiger partial charge in [-0.3, -0.25) is 14.5 Å². The SMILES string of the molecule is Cc1ccc(Cn2c3c(c4cc(OCCN5CCOCC5)ccc42)C2C(=O)N(C)CC(=O)N2CC3)cc1. The number of hydrogen-bond donors (Lipinski definition) is 0. The summed E-state index contributed by atoms with van der Waals surface area (Å²) in [5, 5.41) is 0.997. The predicted octanol–water partition coefficient (Wildman–Crippen LogP) is 2.61. The van der Waals surface area contributed by atoms with Gasteiger partial charge in [0, 0.05) is 68.4 Å². The zero-order valence-corrected chi connectivity index (χ0v) is 21.6. The minimum absolute atomic E-state index is 0.00935.